The normalized spacial score (nSPS) is 11.3. The van der Waals surface area contributed by atoms with E-state index in [0.717, 1.165) is 127 Å². The van der Waals surface area contributed by atoms with Crippen LogP contribution in [0.4, 0.5) is 0 Å². The van der Waals surface area contributed by atoms with E-state index in [2.05, 4.69) is 315 Å². The minimum atomic E-state index is 0.623. The van der Waals surface area contributed by atoms with Crippen molar-refractivity contribution < 1.29 is 0 Å². The van der Waals surface area contributed by atoms with Gasteiger partial charge in [-0.15, -0.1) is 0 Å². The van der Waals surface area contributed by atoms with E-state index in [-0.39, 0.29) is 0 Å². The van der Waals surface area contributed by atoms with E-state index < -0.39 is 0 Å². The molecule has 0 bridgehead atoms. The molecule has 0 fully saturated rings. The standard InChI is InChI=1S/2C50H32N4/c1-3-13-33(14-4-1)34-25-27-37(28-26-34)49-52-48(36-16-5-2-6-17-36)53-50(54-49)41-21-12-19-39(32-41)38-18-11-20-40(31-38)46-44-24-10-9-23-43(44)45-30-29-35-15-7-8-22-42(35)47(45)51-46;1-3-13-33(14-4-1)34-25-27-36(28-26-34)49-52-48(35-15-5-2-6-16-35)53-50(54-49)42-22-12-20-38(30-42)37-19-11-21-41(29-37)47-44-24-10-9-23-43(44)45-31-39-17-7-8-18-40(39)32-46(45)51-47/h2*1-32H. The Labute approximate surface area is 624 Å². The molecular formula is C100H64N8. The number of rotatable bonds is 12. The maximum atomic E-state index is 5.37. The van der Waals surface area contributed by atoms with Gasteiger partial charge in [-0.1, -0.05) is 352 Å². The number of nitrogens with zero attached hydrogens (tertiary/aromatic N) is 8. The average molecular weight is 1380 g/mol. The first-order valence-corrected chi connectivity index (χ1v) is 36.3. The summed E-state index contributed by atoms with van der Waals surface area (Å²) >= 11 is 0. The minimum absolute atomic E-state index is 0.623. The van der Waals surface area contributed by atoms with Gasteiger partial charge in [0.05, 0.1) is 22.4 Å². The monoisotopic (exact) mass is 1380 g/mol. The van der Waals surface area contributed by atoms with Crippen LogP contribution < -0.4 is 0 Å². The van der Waals surface area contributed by atoms with E-state index in [1.807, 2.05) is 72.8 Å². The van der Waals surface area contributed by atoms with Gasteiger partial charge >= 0.3 is 0 Å². The molecule has 20 rings (SSSR count). The van der Waals surface area contributed by atoms with Gasteiger partial charge in [0.2, 0.25) is 0 Å². The lowest BCUT2D eigenvalue weighted by molar-refractivity contribution is 1.07. The van der Waals surface area contributed by atoms with Crippen molar-refractivity contribution >= 4 is 64.9 Å². The first-order valence-electron chi connectivity index (χ1n) is 36.3. The van der Waals surface area contributed by atoms with Crippen molar-refractivity contribution in [3.05, 3.63) is 388 Å². The zero-order valence-electron chi connectivity index (χ0n) is 58.5. The van der Waals surface area contributed by atoms with Crippen molar-refractivity contribution in [3.8, 4) is 135 Å². The molecule has 0 radical (unpaired) electrons. The van der Waals surface area contributed by atoms with Crippen molar-refractivity contribution in [2.45, 2.75) is 0 Å². The summed E-state index contributed by atoms with van der Waals surface area (Å²) in [6.45, 7) is 0. The lowest BCUT2D eigenvalue weighted by atomic mass is 9.95. The molecule has 0 spiro atoms. The fourth-order valence-electron chi connectivity index (χ4n) is 14.7. The Morgan fingerprint density at radius 3 is 0.861 bits per heavy atom. The van der Waals surface area contributed by atoms with Crippen LogP contribution in [0, 0.1) is 0 Å². The van der Waals surface area contributed by atoms with Gasteiger partial charge in [-0.3, -0.25) is 0 Å². The summed E-state index contributed by atoms with van der Waals surface area (Å²) in [5, 5.41) is 11.7. The minimum Gasteiger partial charge on any atom is -0.247 e. The second-order valence-corrected chi connectivity index (χ2v) is 27.0. The highest BCUT2D eigenvalue weighted by Crippen LogP contribution is 2.41. The fourth-order valence-corrected chi connectivity index (χ4v) is 14.7. The molecule has 0 saturated carbocycles. The molecule has 0 unspecified atom stereocenters. The van der Waals surface area contributed by atoms with Crippen LogP contribution in [-0.2, 0) is 0 Å². The van der Waals surface area contributed by atoms with Gasteiger partial charge in [0, 0.05) is 71.4 Å². The summed E-state index contributed by atoms with van der Waals surface area (Å²) in [5.41, 5.74) is 20.6. The third-order valence-electron chi connectivity index (χ3n) is 20.2. The van der Waals surface area contributed by atoms with E-state index in [1.54, 1.807) is 0 Å². The Morgan fingerprint density at radius 2 is 0.417 bits per heavy atom. The predicted octanol–water partition coefficient (Wildman–Crippen LogP) is 25.5. The molecule has 0 amide bonds. The molecule has 20 aromatic rings. The number of pyridine rings is 2. The maximum absolute atomic E-state index is 5.37. The molecule has 16 aromatic carbocycles. The van der Waals surface area contributed by atoms with Crippen LogP contribution >= 0.6 is 0 Å². The van der Waals surface area contributed by atoms with Gasteiger partial charge in [0.15, 0.2) is 34.9 Å². The van der Waals surface area contributed by atoms with Gasteiger partial charge in [0.25, 0.3) is 0 Å². The Hall–Kier alpha value is -14.6. The Morgan fingerprint density at radius 1 is 0.130 bits per heavy atom. The molecular weight excluding hydrogens is 1310 g/mol. The Balaban J connectivity index is 0.000000147. The molecule has 0 aliphatic rings. The first-order chi connectivity index (χ1) is 53.5. The Bertz CT molecular complexity index is 6730. The molecule has 108 heavy (non-hydrogen) atoms. The molecule has 0 atom stereocenters. The zero-order valence-corrected chi connectivity index (χ0v) is 58.5. The lowest BCUT2D eigenvalue weighted by Gasteiger charge is -2.13. The number of fused-ring (bicyclic) bond motifs is 9. The quantitative estimate of drug-likeness (QED) is 0.0880. The van der Waals surface area contributed by atoms with Gasteiger partial charge in [-0.05, 0) is 108 Å². The summed E-state index contributed by atoms with van der Waals surface area (Å²) in [6.07, 6.45) is 0. The molecule has 8 heteroatoms. The summed E-state index contributed by atoms with van der Waals surface area (Å²) in [5.74, 6) is 3.78. The number of hydrogen-bond donors (Lipinski definition) is 0. The van der Waals surface area contributed by atoms with Crippen molar-refractivity contribution in [2.75, 3.05) is 0 Å². The topological polar surface area (TPSA) is 103 Å². The average Bonchev–Trinajstić information content (AvgIpc) is 0.752. The van der Waals surface area contributed by atoms with Crippen molar-refractivity contribution in [2.24, 2.45) is 0 Å². The van der Waals surface area contributed by atoms with Crippen LogP contribution in [0.25, 0.3) is 200 Å². The molecule has 0 aliphatic carbocycles. The summed E-state index contributed by atoms with van der Waals surface area (Å²) in [6, 6.07) is 135. The van der Waals surface area contributed by atoms with Crippen molar-refractivity contribution in [1.82, 2.24) is 39.9 Å². The molecule has 4 heterocycles. The van der Waals surface area contributed by atoms with E-state index >= 15 is 0 Å². The summed E-state index contributed by atoms with van der Waals surface area (Å²) < 4.78 is 0. The molecule has 4 aromatic heterocycles. The highest BCUT2D eigenvalue weighted by Gasteiger charge is 2.20. The van der Waals surface area contributed by atoms with Crippen LogP contribution in [0.3, 0.4) is 0 Å². The largest absolute Gasteiger partial charge is 0.247 e. The van der Waals surface area contributed by atoms with E-state index in [9.17, 15) is 0 Å². The van der Waals surface area contributed by atoms with Crippen LogP contribution in [-0.4, -0.2) is 39.9 Å². The smallest absolute Gasteiger partial charge is 0.164 e. The second kappa shape index (κ2) is 28.2. The van der Waals surface area contributed by atoms with Crippen molar-refractivity contribution in [1.29, 1.82) is 0 Å². The van der Waals surface area contributed by atoms with Gasteiger partial charge in [-0.25, -0.2) is 39.9 Å². The third-order valence-corrected chi connectivity index (χ3v) is 20.2. The molecule has 0 saturated heterocycles. The lowest BCUT2D eigenvalue weighted by Crippen LogP contribution is -2.00. The molecule has 0 N–H and O–H groups in total. The third kappa shape index (κ3) is 12.7. The SMILES string of the molecule is c1ccc(-c2ccc(-c3nc(-c4ccccc4)nc(-c4cccc(-c5cccc(-c6nc7c8ccccc8ccc7c7ccccc67)c5)c4)n3)cc2)cc1.c1ccc(-c2ccc(-c3nc(-c4ccccc4)nc(-c4cccc(-c5cccc(-c6nc7cc8ccccc8cc7c7ccccc67)c5)c4)n3)cc2)cc1. The number of benzene rings is 16. The van der Waals surface area contributed by atoms with Gasteiger partial charge in [0.1, 0.15) is 0 Å². The summed E-state index contributed by atoms with van der Waals surface area (Å²) in [4.78, 5) is 40.7. The van der Waals surface area contributed by atoms with Crippen LogP contribution in [0.1, 0.15) is 0 Å². The molecule has 504 valence electrons. The van der Waals surface area contributed by atoms with E-state index in [0.29, 0.717) is 34.9 Å². The second-order valence-electron chi connectivity index (χ2n) is 27.0. The highest BCUT2D eigenvalue weighted by molar-refractivity contribution is 6.18. The maximum Gasteiger partial charge on any atom is 0.164 e. The summed E-state index contributed by atoms with van der Waals surface area (Å²) in [7, 11) is 0. The van der Waals surface area contributed by atoms with Crippen LogP contribution in [0.2, 0.25) is 0 Å². The number of aromatic nitrogens is 8. The zero-order chi connectivity index (χ0) is 71.7. The molecule has 8 nitrogen and oxygen atoms in total. The van der Waals surface area contributed by atoms with Crippen molar-refractivity contribution in [3.63, 3.8) is 0 Å². The van der Waals surface area contributed by atoms with E-state index in [1.165, 1.54) is 38.1 Å². The highest BCUT2D eigenvalue weighted by atomic mass is 15.0. The van der Waals surface area contributed by atoms with Gasteiger partial charge < -0.3 is 0 Å². The van der Waals surface area contributed by atoms with E-state index in [4.69, 9.17) is 39.9 Å². The number of hydrogen-bond acceptors (Lipinski definition) is 8. The first kappa shape index (κ1) is 64.3. The van der Waals surface area contributed by atoms with Gasteiger partial charge in [-0.2, -0.15) is 0 Å². The fraction of sp³-hybridized carbons (Fsp3) is 0. The van der Waals surface area contributed by atoms with Crippen LogP contribution in [0.15, 0.2) is 388 Å². The molecule has 0 aliphatic heterocycles. The Kier molecular flexibility index (Phi) is 16.8. The van der Waals surface area contributed by atoms with Crippen LogP contribution in [0.5, 0.6) is 0 Å². The predicted molar refractivity (Wildman–Crippen MR) is 446 cm³/mol.